The zero-order chi connectivity index (χ0) is 17.1. The van der Waals surface area contributed by atoms with Crippen LogP contribution in [0.4, 0.5) is 0 Å². The van der Waals surface area contributed by atoms with Crippen molar-refractivity contribution in [1.82, 2.24) is 24.3 Å². The molecule has 3 rings (SSSR count). The van der Waals surface area contributed by atoms with E-state index in [1.54, 1.807) is 11.3 Å². The Balaban J connectivity index is 1.48. The van der Waals surface area contributed by atoms with Crippen molar-refractivity contribution >= 4 is 11.3 Å². The van der Waals surface area contributed by atoms with E-state index in [1.165, 1.54) is 35.9 Å². The number of imidazole rings is 1. The number of aromatic nitrogens is 3. The van der Waals surface area contributed by atoms with Crippen molar-refractivity contribution in [2.45, 2.75) is 46.3 Å². The van der Waals surface area contributed by atoms with Crippen LogP contribution < -0.4 is 0 Å². The molecule has 1 fully saturated rings. The molecule has 0 saturated carbocycles. The van der Waals surface area contributed by atoms with Crippen molar-refractivity contribution < 1.29 is 0 Å². The van der Waals surface area contributed by atoms with Gasteiger partial charge < -0.3 is 9.47 Å². The van der Waals surface area contributed by atoms with Crippen LogP contribution in [-0.2, 0) is 13.1 Å². The van der Waals surface area contributed by atoms with Crippen LogP contribution in [0.1, 0.15) is 42.7 Å². The third-order valence-electron chi connectivity index (χ3n) is 4.87. The van der Waals surface area contributed by atoms with Crippen LogP contribution in [0.3, 0.4) is 0 Å². The number of hydrogen-bond donors (Lipinski definition) is 0. The van der Waals surface area contributed by atoms with E-state index in [1.807, 2.05) is 11.7 Å². The van der Waals surface area contributed by atoms with E-state index in [-0.39, 0.29) is 0 Å². The first kappa shape index (κ1) is 17.6. The summed E-state index contributed by atoms with van der Waals surface area (Å²) >= 11 is 1.77. The Morgan fingerprint density at radius 1 is 1.38 bits per heavy atom. The van der Waals surface area contributed by atoms with E-state index in [4.69, 9.17) is 0 Å². The Morgan fingerprint density at radius 2 is 2.21 bits per heavy atom. The molecule has 0 bridgehead atoms. The van der Waals surface area contributed by atoms with Crippen molar-refractivity contribution in [3.05, 3.63) is 34.3 Å². The summed E-state index contributed by atoms with van der Waals surface area (Å²) in [6, 6.07) is 0.481. The maximum atomic E-state index is 4.55. The number of likely N-dealkylation sites (tertiary alicyclic amines) is 1. The first-order chi connectivity index (χ1) is 11.5. The van der Waals surface area contributed by atoms with E-state index < -0.39 is 0 Å². The summed E-state index contributed by atoms with van der Waals surface area (Å²) in [4.78, 5) is 15.3. The second kappa shape index (κ2) is 7.76. The average molecular weight is 348 g/mol. The molecule has 1 aliphatic rings. The summed E-state index contributed by atoms with van der Waals surface area (Å²) in [7, 11) is 2.23. The fourth-order valence-corrected chi connectivity index (χ4v) is 4.43. The minimum absolute atomic E-state index is 0.481. The lowest BCUT2D eigenvalue weighted by Gasteiger charge is -2.21. The lowest BCUT2D eigenvalue weighted by molar-refractivity contribution is 0.252. The summed E-state index contributed by atoms with van der Waals surface area (Å²) < 4.78 is 2.28. The summed E-state index contributed by atoms with van der Waals surface area (Å²) in [6.07, 6.45) is 5.31. The molecule has 2 aromatic rings. The van der Waals surface area contributed by atoms with Gasteiger partial charge in [-0.3, -0.25) is 4.90 Å². The van der Waals surface area contributed by atoms with Gasteiger partial charge >= 0.3 is 0 Å². The van der Waals surface area contributed by atoms with Gasteiger partial charge in [-0.25, -0.2) is 9.97 Å². The average Bonchev–Trinajstić information content (AvgIpc) is 3.23. The van der Waals surface area contributed by atoms with Crippen LogP contribution in [0.5, 0.6) is 0 Å². The molecule has 0 N–H and O–H groups in total. The maximum Gasteiger partial charge on any atom is 0.123 e. The minimum atomic E-state index is 0.481. The highest BCUT2D eigenvalue weighted by Crippen LogP contribution is 2.21. The van der Waals surface area contributed by atoms with Crippen LogP contribution in [-0.4, -0.2) is 51.0 Å². The molecule has 3 heterocycles. The van der Waals surface area contributed by atoms with Gasteiger partial charge in [0.05, 0.1) is 17.7 Å². The lowest BCUT2D eigenvalue weighted by atomic mass is 10.1. The molecule has 1 saturated heterocycles. The predicted molar refractivity (Wildman–Crippen MR) is 99.2 cm³/mol. The molecular weight excluding hydrogens is 318 g/mol. The van der Waals surface area contributed by atoms with Crippen molar-refractivity contribution in [3.63, 3.8) is 0 Å². The Morgan fingerprint density at radius 3 is 2.92 bits per heavy atom. The number of nitrogens with zero attached hydrogens (tertiary/aromatic N) is 5. The molecule has 0 amide bonds. The molecular formula is C18H29N5S. The van der Waals surface area contributed by atoms with Gasteiger partial charge in [-0.2, -0.15) is 0 Å². The largest absolute Gasteiger partial charge is 0.331 e. The van der Waals surface area contributed by atoms with Gasteiger partial charge in [0, 0.05) is 42.9 Å². The molecule has 5 nitrogen and oxygen atoms in total. The topological polar surface area (TPSA) is 37.2 Å². The van der Waals surface area contributed by atoms with Gasteiger partial charge in [-0.05, 0) is 46.7 Å². The van der Waals surface area contributed by atoms with Crippen LogP contribution in [0.25, 0.3) is 0 Å². The second-order valence-corrected chi connectivity index (χ2v) is 8.23. The highest BCUT2D eigenvalue weighted by Gasteiger charge is 2.25. The van der Waals surface area contributed by atoms with Crippen molar-refractivity contribution in [2.24, 2.45) is 5.92 Å². The quantitative estimate of drug-likeness (QED) is 0.771. The Bertz CT molecular complexity index is 647. The smallest absolute Gasteiger partial charge is 0.123 e. The van der Waals surface area contributed by atoms with Gasteiger partial charge in [0.2, 0.25) is 0 Å². The lowest BCUT2D eigenvalue weighted by Crippen LogP contribution is -2.28. The first-order valence-corrected chi connectivity index (χ1v) is 9.72. The van der Waals surface area contributed by atoms with Crippen molar-refractivity contribution in [3.8, 4) is 0 Å². The zero-order valence-electron chi connectivity index (χ0n) is 15.3. The van der Waals surface area contributed by atoms with Crippen LogP contribution in [0.2, 0.25) is 0 Å². The van der Waals surface area contributed by atoms with Gasteiger partial charge in [0.15, 0.2) is 0 Å². The van der Waals surface area contributed by atoms with Crippen LogP contribution >= 0.6 is 11.3 Å². The molecule has 0 aromatic carbocycles. The minimum Gasteiger partial charge on any atom is -0.331 e. The molecule has 1 atom stereocenters. The standard InChI is InChI=1S/C18H29N5S/c1-14(2)23-8-6-19-18(23)12-22-7-5-16(10-22)9-21(4)11-17-15(3)20-13-24-17/h6,8,13-14,16H,5,7,9-12H2,1-4H3. The number of rotatable bonds is 7. The van der Waals surface area contributed by atoms with Gasteiger partial charge in [0.25, 0.3) is 0 Å². The molecule has 1 unspecified atom stereocenters. The fraction of sp³-hybridized carbons (Fsp3) is 0.667. The summed E-state index contributed by atoms with van der Waals surface area (Å²) in [5.74, 6) is 1.95. The summed E-state index contributed by atoms with van der Waals surface area (Å²) in [5.41, 5.74) is 3.13. The maximum absolute atomic E-state index is 4.55. The number of thiazole rings is 1. The number of hydrogen-bond acceptors (Lipinski definition) is 5. The van der Waals surface area contributed by atoms with E-state index in [9.17, 15) is 0 Å². The fourth-order valence-electron chi connectivity index (χ4n) is 3.57. The predicted octanol–water partition coefficient (Wildman–Crippen LogP) is 3.18. The third-order valence-corrected chi connectivity index (χ3v) is 5.79. The molecule has 132 valence electrons. The molecule has 2 aromatic heterocycles. The molecule has 24 heavy (non-hydrogen) atoms. The Hall–Kier alpha value is -1.24. The third kappa shape index (κ3) is 4.23. The Kier molecular flexibility index (Phi) is 5.69. The van der Waals surface area contributed by atoms with Gasteiger partial charge in [0.1, 0.15) is 5.82 Å². The van der Waals surface area contributed by atoms with Gasteiger partial charge in [-0.15, -0.1) is 11.3 Å². The molecule has 0 spiro atoms. The van der Waals surface area contributed by atoms with Gasteiger partial charge in [-0.1, -0.05) is 0 Å². The molecule has 1 aliphatic heterocycles. The van der Waals surface area contributed by atoms with E-state index >= 15 is 0 Å². The second-order valence-electron chi connectivity index (χ2n) is 7.29. The Labute approximate surface area is 149 Å². The van der Waals surface area contributed by atoms with Crippen LogP contribution in [0.15, 0.2) is 17.9 Å². The zero-order valence-corrected chi connectivity index (χ0v) is 16.1. The molecule has 6 heteroatoms. The summed E-state index contributed by atoms with van der Waals surface area (Å²) in [5, 5.41) is 0. The monoisotopic (exact) mass is 347 g/mol. The molecule has 0 radical (unpaired) electrons. The molecule has 0 aliphatic carbocycles. The normalized spacial score (nSPS) is 19.0. The van der Waals surface area contributed by atoms with Crippen molar-refractivity contribution in [1.29, 1.82) is 0 Å². The van der Waals surface area contributed by atoms with E-state index in [0.29, 0.717) is 6.04 Å². The highest BCUT2D eigenvalue weighted by atomic mass is 32.1. The highest BCUT2D eigenvalue weighted by molar-refractivity contribution is 7.09. The first-order valence-electron chi connectivity index (χ1n) is 8.84. The van der Waals surface area contributed by atoms with Crippen molar-refractivity contribution in [2.75, 3.05) is 26.7 Å². The number of aryl methyl sites for hydroxylation is 1. The summed E-state index contributed by atoms with van der Waals surface area (Å²) in [6.45, 7) is 12.0. The van der Waals surface area contributed by atoms with Crippen LogP contribution in [0, 0.1) is 12.8 Å². The van der Waals surface area contributed by atoms with E-state index in [0.717, 1.165) is 25.6 Å². The SMILES string of the molecule is Cc1ncsc1CN(C)CC1CCN(Cc2nccn2C(C)C)C1. The van der Waals surface area contributed by atoms with E-state index in [2.05, 4.69) is 58.4 Å².